The molecule has 0 saturated heterocycles. The van der Waals surface area contributed by atoms with Crippen molar-refractivity contribution < 1.29 is 4.74 Å². The van der Waals surface area contributed by atoms with Gasteiger partial charge in [-0.3, -0.25) is 4.90 Å². The van der Waals surface area contributed by atoms with Gasteiger partial charge in [0.1, 0.15) is 5.75 Å². The maximum atomic E-state index is 5.90. The number of benzene rings is 1. The molecule has 1 heterocycles. The Kier molecular flexibility index (Phi) is 5.55. The first kappa shape index (κ1) is 15.8. The minimum Gasteiger partial charge on any atom is -0.497 e. The van der Waals surface area contributed by atoms with Gasteiger partial charge in [-0.15, -0.1) is 11.3 Å². The maximum absolute atomic E-state index is 5.90. The summed E-state index contributed by atoms with van der Waals surface area (Å²) in [6.07, 6.45) is 0. The molecule has 1 aromatic heterocycles. The van der Waals surface area contributed by atoms with Crippen LogP contribution in [0, 0.1) is 0 Å². The van der Waals surface area contributed by atoms with Gasteiger partial charge < -0.3 is 15.8 Å². The van der Waals surface area contributed by atoms with Crippen LogP contribution in [-0.2, 0) is 6.54 Å². The molecule has 0 aliphatic rings. The molecule has 0 saturated carbocycles. The lowest BCUT2D eigenvalue weighted by molar-refractivity contribution is 0.331. The summed E-state index contributed by atoms with van der Waals surface area (Å²) >= 11 is 1.55. The lowest BCUT2D eigenvalue weighted by Gasteiger charge is -2.15. The van der Waals surface area contributed by atoms with Crippen molar-refractivity contribution in [1.29, 1.82) is 0 Å². The average Bonchev–Trinajstić information content (AvgIpc) is 2.85. The number of likely N-dealkylation sites (N-methyl/N-ethyl adjacent to an activating group) is 2. The smallest absolute Gasteiger partial charge is 0.180 e. The lowest BCUT2D eigenvalue weighted by atomic mass is 10.1. The SMILES string of the molecule is CNCCN(C)Cc1sc(N)nc1-c1ccc(OC)cc1. The van der Waals surface area contributed by atoms with Crippen LogP contribution in [0.1, 0.15) is 4.88 Å². The first-order chi connectivity index (χ1) is 10.1. The third-order valence-corrected chi connectivity index (χ3v) is 4.10. The van der Waals surface area contributed by atoms with E-state index < -0.39 is 0 Å². The third kappa shape index (κ3) is 4.17. The largest absolute Gasteiger partial charge is 0.497 e. The van der Waals surface area contributed by atoms with E-state index in [2.05, 4.69) is 22.2 Å². The highest BCUT2D eigenvalue weighted by Gasteiger charge is 2.13. The van der Waals surface area contributed by atoms with Crippen molar-refractivity contribution in [1.82, 2.24) is 15.2 Å². The van der Waals surface area contributed by atoms with Crippen molar-refractivity contribution in [3.63, 3.8) is 0 Å². The Balaban J connectivity index is 2.19. The predicted octanol–water partition coefficient (Wildman–Crippen LogP) is 2.05. The van der Waals surface area contributed by atoms with Crippen molar-refractivity contribution in [3.8, 4) is 17.0 Å². The molecule has 1 aromatic carbocycles. The number of aromatic nitrogens is 1. The minimum absolute atomic E-state index is 0.609. The monoisotopic (exact) mass is 306 g/mol. The zero-order valence-corrected chi connectivity index (χ0v) is 13.5. The van der Waals surface area contributed by atoms with Crippen LogP contribution in [0.2, 0.25) is 0 Å². The number of hydrogen-bond donors (Lipinski definition) is 2. The minimum atomic E-state index is 0.609. The second-order valence-corrected chi connectivity index (χ2v) is 6.01. The van der Waals surface area contributed by atoms with E-state index in [-0.39, 0.29) is 0 Å². The number of rotatable bonds is 7. The molecule has 0 aliphatic heterocycles. The molecule has 3 N–H and O–H groups in total. The van der Waals surface area contributed by atoms with Crippen LogP contribution in [0.15, 0.2) is 24.3 Å². The van der Waals surface area contributed by atoms with Gasteiger partial charge in [0.05, 0.1) is 12.8 Å². The first-order valence-corrected chi connectivity index (χ1v) is 7.68. The van der Waals surface area contributed by atoms with Gasteiger partial charge in [-0.25, -0.2) is 4.98 Å². The van der Waals surface area contributed by atoms with Gasteiger partial charge in [0.15, 0.2) is 5.13 Å². The topological polar surface area (TPSA) is 63.4 Å². The summed E-state index contributed by atoms with van der Waals surface area (Å²) in [4.78, 5) is 7.93. The standard InChI is InChI=1S/C15H22N4OS/c1-17-8-9-19(2)10-13-14(18-15(16)21-13)11-4-6-12(20-3)7-5-11/h4-7,17H,8-10H2,1-3H3,(H2,16,18). The van der Waals surface area contributed by atoms with Crippen LogP contribution in [0.3, 0.4) is 0 Å². The highest BCUT2D eigenvalue weighted by atomic mass is 32.1. The van der Waals surface area contributed by atoms with Crippen LogP contribution >= 0.6 is 11.3 Å². The van der Waals surface area contributed by atoms with E-state index in [1.54, 1.807) is 18.4 Å². The number of nitrogen functional groups attached to an aromatic ring is 1. The van der Waals surface area contributed by atoms with Crippen LogP contribution in [-0.4, -0.2) is 44.2 Å². The van der Waals surface area contributed by atoms with E-state index in [4.69, 9.17) is 10.5 Å². The Morgan fingerprint density at radius 3 is 2.67 bits per heavy atom. The van der Waals surface area contributed by atoms with Crippen molar-refractivity contribution in [2.45, 2.75) is 6.54 Å². The van der Waals surface area contributed by atoms with Gasteiger partial charge in [-0.1, -0.05) is 0 Å². The van der Waals surface area contributed by atoms with Crippen LogP contribution < -0.4 is 15.8 Å². The van der Waals surface area contributed by atoms with Gasteiger partial charge in [-0.2, -0.15) is 0 Å². The van der Waals surface area contributed by atoms with E-state index in [0.29, 0.717) is 5.13 Å². The molecule has 0 atom stereocenters. The number of ether oxygens (including phenoxy) is 1. The number of anilines is 1. The van der Waals surface area contributed by atoms with Gasteiger partial charge in [-0.05, 0) is 38.4 Å². The van der Waals surface area contributed by atoms with E-state index in [0.717, 1.165) is 36.6 Å². The van der Waals surface area contributed by atoms with Gasteiger partial charge in [0, 0.05) is 30.1 Å². The number of thiazole rings is 1. The van der Waals surface area contributed by atoms with E-state index in [1.807, 2.05) is 31.3 Å². The molecule has 6 heteroatoms. The Hall–Kier alpha value is -1.63. The molecule has 0 spiro atoms. The first-order valence-electron chi connectivity index (χ1n) is 6.86. The van der Waals surface area contributed by atoms with Crippen LogP contribution in [0.25, 0.3) is 11.3 Å². The maximum Gasteiger partial charge on any atom is 0.180 e. The Labute approximate surface area is 129 Å². The van der Waals surface area contributed by atoms with Crippen molar-refractivity contribution >= 4 is 16.5 Å². The van der Waals surface area contributed by atoms with E-state index >= 15 is 0 Å². The molecule has 5 nitrogen and oxygen atoms in total. The average molecular weight is 306 g/mol. The summed E-state index contributed by atoms with van der Waals surface area (Å²) in [5, 5.41) is 3.77. The Morgan fingerprint density at radius 2 is 2.05 bits per heavy atom. The van der Waals surface area contributed by atoms with Crippen molar-refractivity contribution in [2.75, 3.05) is 40.0 Å². The number of nitrogens with one attached hydrogen (secondary N) is 1. The van der Waals surface area contributed by atoms with Gasteiger partial charge >= 0.3 is 0 Å². The fraction of sp³-hybridized carbons (Fsp3) is 0.400. The number of nitrogens with two attached hydrogens (primary N) is 1. The van der Waals surface area contributed by atoms with Gasteiger partial charge in [0.2, 0.25) is 0 Å². The fourth-order valence-electron chi connectivity index (χ4n) is 2.08. The molecule has 0 bridgehead atoms. The van der Waals surface area contributed by atoms with Crippen LogP contribution in [0.4, 0.5) is 5.13 Å². The summed E-state index contributed by atoms with van der Waals surface area (Å²) in [5.74, 6) is 0.842. The molecule has 2 aromatic rings. The Bertz CT molecular complexity index is 568. The number of hydrogen-bond acceptors (Lipinski definition) is 6. The second-order valence-electron chi connectivity index (χ2n) is 4.89. The molecular formula is C15H22N4OS. The zero-order valence-electron chi connectivity index (χ0n) is 12.7. The fourth-order valence-corrected chi connectivity index (χ4v) is 3.01. The lowest BCUT2D eigenvalue weighted by Crippen LogP contribution is -2.26. The van der Waals surface area contributed by atoms with E-state index in [1.165, 1.54) is 4.88 Å². The molecule has 0 amide bonds. The summed E-state index contributed by atoms with van der Waals surface area (Å²) < 4.78 is 5.19. The highest BCUT2D eigenvalue weighted by molar-refractivity contribution is 7.15. The molecule has 0 unspecified atom stereocenters. The van der Waals surface area contributed by atoms with Crippen LogP contribution in [0.5, 0.6) is 5.75 Å². The third-order valence-electron chi connectivity index (χ3n) is 3.23. The quantitative estimate of drug-likeness (QED) is 0.820. The molecule has 2 rings (SSSR count). The highest BCUT2D eigenvalue weighted by Crippen LogP contribution is 2.31. The predicted molar refractivity (Wildman–Crippen MR) is 88.8 cm³/mol. The summed E-state index contributed by atoms with van der Waals surface area (Å²) in [6, 6.07) is 7.92. The molecule has 114 valence electrons. The molecule has 0 fully saturated rings. The second kappa shape index (κ2) is 7.40. The Morgan fingerprint density at radius 1 is 1.33 bits per heavy atom. The summed E-state index contributed by atoms with van der Waals surface area (Å²) in [5.41, 5.74) is 7.94. The van der Waals surface area contributed by atoms with E-state index in [9.17, 15) is 0 Å². The molecule has 0 radical (unpaired) electrons. The van der Waals surface area contributed by atoms with Crippen molar-refractivity contribution in [3.05, 3.63) is 29.1 Å². The number of methoxy groups -OCH3 is 1. The molecule has 0 aliphatic carbocycles. The molecule has 21 heavy (non-hydrogen) atoms. The van der Waals surface area contributed by atoms with Gasteiger partial charge in [0.25, 0.3) is 0 Å². The number of nitrogens with zero attached hydrogens (tertiary/aromatic N) is 2. The molecular weight excluding hydrogens is 284 g/mol. The normalized spacial score (nSPS) is 11.0. The zero-order chi connectivity index (χ0) is 15.2. The summed E-state index contributed by atoms with van der Waals surface area (Å²) in [7, 11) is 5.73. The summed E-state index contributed by atoms with van der Waals surface area (Å²) in [6.45, 7) is 2.79. The van der Waals surface area contributed by atoms with Crippen molar-refractivity contribution in [2.24, 2.45) is 0 Å².